The number of anilines is 2. The number of methoxy groups -OCH3 is 1. The lowest BCUT2D eigenvalue weighted by Crippen LogP contribution is -2.37. The van der Waals surface area contributed by atoms with Gasteiger partial charge in [0.2, 0.25) is 5.91 Å². The van der Waals surface area contributed by atoms with Crippen LogP contribution in [0.1, 0.15) is 48.1 Å². The number of esters is 1. The summed E-state index contributed by atoms with van der Waals surface area (Å²) in [5.74, 6) is -1.27. The van der Waals surface area contributed by atoms with E-state index >= 15 is 0 Å². The van der Waals surface area contributed by atoms with Crippen molar-refractivity contribution in [3.8, 4) is 5.75 Å². The Kier molecular flexibility index (Phi) is 7.42. The van der Waals surface area contributed by atoms with Gasteiger partial charge in [0.25, 0.3) is 5.91 Å². The maximum Gasteiger partial charge on any atom is 0.337 e. The van der Waals surface area contributed by atoms with Gasteiger partial charge in [-0.3, -0.25) is 14.4 Å². The first-order chi connectivity index (χ1) is 18.5. The molecule has 196 valence electrons. The highest BCUT2D eigenvalue weighted by molar-refractivity contribution is 6.24. The standard InChI is InChI=1S/C30H30N2O6/c1-3-4-8-19-37-24-17-15-22(16-18-24)31-28(33)25-26(20-11-13-21(14-12-20)30(35)36-2)32(38-27(25)29(31)34)23-9-6-5-7-10-23/h5-7,9-18,25-27H,3-4,8,19H2,1-2H3/t25-,26-,27-/m1/s1. The molecule has 2 saturated heterocycles. The van der Waals surface area contributed by atoms with Gasteiger partial charge < -0.3 is 9.47 Å². The number of para-hydroxylation sites is 1. The molecule has 2 heterocycles. The minimum absolute atomic E-state index is 0.336. The van der Waals surface area contributed by atoms with Crippen molar-refractivity contribution in [1.29, 1.82) is 0 Å². The number of hydrogen-bond donors (Lipinski definition) is 0. The Bertz CT molecular complexity index is 1290. The van der Waals surface area contributed by atoms with Crippen LogP contribution in [0.25, 0.3) is 0 Å². The first-order valence-electron chi connectivity index (χ1n) is 12.8. The Morgan fingerprint density at radius 2 is 1.58 bits per heavy atom. The Balaban J connectivity index is 1.43. The van der Waals surface area contributed by atoms with Crippen molar-refractivity contribution in [2.24, 2.45) is 5.92 Å². The van der Waals surface area contributed by atoms with Crippen LogP contribution in [-0.4, -0.2) is 37.6 Å². The summed E-state index contributed by atoms with van der Waals surface area (Å²) in [4.78, 5) is 46.7. The number of hydrogen-bond acceptors (Lipinski definition) is 7. The third-order valence-electron chi connectivity index (χ3n) is 6.91. The number of benzene rings is 3. The zero-order valence-electron chi connectivity index (χ0n) is 21.4. The van der Waals surface area contributed by atoms with Gasteiger partial charge in [-0.15, -0.1) is 0 Å². The van der Waals surface area contributed by atoms with Gasteiger partial charge in [-0.25, -0.2) is 14.8 Å². The van der Waals surface area contributed by atoms with Crippen LogP contribution < -0.4 is 14.7 Å². The molecular weight excluding hydrogens is 484 g/mol. The highest BCUT2D eigenvalue weighted by Gasteiger charge is 2.60. The Hall–Kier alpha value is -4.17. The number of ether oxygens (including phenoxy) is 2. The molecule has 0 radical (unpaired) electrons. The molecule has 0 aromatic heterocycles. The predicted molar refractivity (Wildman–Crippen MR) is 142 cm³/mol. The third kappa shape index (κ3) is 4.75. The van der Waals surface area contributed by atoms with Gasteiger partial charge in [0.15, 0.2) is 6.10 Å². The predicted octanol–water partition coefficient (Wildman–Crippen LogP) is 5.09. The van der Waals surface area contributed by atoms with Gasteiger partial charge in [-0.05, 0) is 60.5 Å². The van der Waals surface area contributed by atoms with Crippen LogP contribution >= 0.6 is 0 Å². The van der Waals surface area contributed by atoms with Crippen molar-refractivity contribution in [2.45, 2.75) is 38.3 Å². The van der Waals surface area contributed by atoms with Gasteiger partial charge in [-0.1, -0.05) is 50.1 Å². The normalized spacial score (nSPS) is 20.5. The Labute approximate surface area is 221 Å². The van der Waals surface area contributed by atoms with Gasteiger partial charge >= 0.3 is 5.97 Å². The summed E-state index contributed by atoms with van der Waals surface area (Å²) in [6.07, 6.45) is 2.22. The van der Waals surface area contributed by atoms with Crippen LogP contribution in [0.3, 0.4) is 0 Å². The van der Waals surface area contributed by atoms with Crippen LogP contribution in [-0.2, 0) is 19.2 Å². The molecule has 38 heavy (non-hydrogen) atoms. The number of unbranched alkanes of at least 4 members (excludes halogenated alkanes) is 2. The number of rotatable bonds is 9. The summed E-state index contributed by atoms with van der Waals surface area (Å²) in [7, 11) is 1.32. The molecule has 3 atom stereocenters. The molecule has 2 aliphatic heterocycles. The molecule has 2 aliphatic rings. The summed E-state index contributed by atoms with van der Waals surface area (Å²) < 4.78 is 10.6. The van der Waals surface area contributed by atoms with Crippen molar-refractivity contribution in [2.75, 3.05) is 23.7 Å². The van der Waals surface area contributed by atoms with E-state index in [2.05, 4.69) is 6.92 Å². The molecule has 2 fully saturated rings. The lowest BCUT2D eigenvalue weighted by molar-refractivity contribution is -0.126. The number of imide groups is 1. The number of carbonyl (C=O) groups excluding carboxylic acids is 3. The fourth-order valence-electron chi connectivity index (χ4n) is 4.97. The number of amides is 2. The molecule has 3 aromatic carbocycles. The van der Waals surface area contributed by atoms with Gasteiger partial charge in [0.05, 0.1) is 36.7 Å². The van der Waals surface area contributed by atoms with Gasteiger partial charge in [-0.2, -0.15) is 0 Å². The average Bonchev–Trinajstić information content (AvgIpc) is 3.47. The van der Waals surface area contributed by atoms with Gasteiger partial charge in [0, 0.05) is 0 Å². The summed E-state index contributed by atoms with van der Waals surface area (Å²) in [6, 6.07) is 22.6. The van der Waals surface area contributed by atoms with E-state index in [1.165, 1.54) is 12.0 Å². The maximum absolute atomic E-state index is 13.8. The van der Waals surface area contributed by atoms with Gasteiger partial charge in [0.1, 0.15) is 11.7 Å². The summed E-state index contributed by atoms with van der Waals surface area (Å²) in [5.41, 5.74) is 2.34. The molecule has 3 aromatic rings. The van der Waals surface area contributed by atoms with Crippen molar-refractivity contribution in [3.63, 3.8) is 0 Å². The van der Waals surface area contributed by atoms with Crippen LogP contribution in [0.2, 0.25) is 0 Å². The summed E-state index contributed by atoms with van der Waals surface area (Å²) in [5, 5.41) is 1.63. The zero-order chi connectivity index (χ0) is 26.6. The minimum atomic E-state index is -0.974. The molecule has 5 rings (SSSR count). The van der Waals surface area contributed by atoms with Crippen LogP contribution in [0, 0.1) is 5.92 Å². The van der Waals surface area contributed by atoms with E-state index in [1.54, 1.807) is 53.6 Å². The smallest absolute Gasteiger partial charge is 0.337 e. The Morgan fingerprint density at radius 1 is 0.868 bits per heavy atom. The first kappa shape index (κ1) is 25.5. The van der Waals surface area contributed by atoms with Crippen LogP contribution in [0.15, 0.2) is 78.9 Å². The fraction of sp³-hybridized carbons (Fsp3) is 0.300. The SMILES string of the molecule is CCCCCOc1ccc(N2C(=O)[C@@H]3[C@@H](c4ccc(C(=O)OC)cc4)N(c4ccccc4)O[C@H]3C2=O)cc1. The Morgan fingerprint density at radius 3 is 2.24 bits per heavy atom. The minimum Gasteiger partial charge on any atom is -0.494 e. The topological polar surface area (TPSA) is 85.4 Å². The number of hydroxylamine groups is 1. The van der Waals surface area contributed by atoms with E-state index in [0.29, 0.717) is 23.6 Å². The molecule has 8 heteroatoms. The second-order valence-electron chi connectivity index (χ2n) is 9.33. The molecule has 0 bridgehead atoms. The molecule has 2 amide bonds. The van der Waals surface area contributed by atoms with Crippen LogP contribution in [0.4, 0.5) is 11.4 Å². The fourth-order valence-corrected chi connectivity index (χ4v) is 4.97. The van der Waals surface area contributed by atoms with E-state index < -0.39 is 29.9 Å². The molecule has 0 unspecified atom stereocenters. The second-order valence-corrected chi connectivity index (χ2v) is 9.33. The second kappa shape index (κ2) is 11.1. The number of carbonyl (C=O) groups is 3. The van der Waals surface area contributed by atoms with Crippen molar-refractivity contribution < 1.29 is 28.7 Å². The monoisotopic (exact) mass is 514 g/mol. The number of nitrogens with zero attached hydrogens (tertiary/aromatic N) is 2. The molecule has 0 N–H and O–H groups in total. The molecule has 8 nitrogen and oxygen atoms in total. The van der Waals surface area contributed by atoms with E-state index in [9.17, 15) is 14.4 Å². The van der Waals surface area contributed by atoms with E-state index in [1.807, 2.05) is 30.3 Å². The lowest BCUT2D eigenvalue weighted by atomic mass is 9.90. The van der Waals surface area contributed by atoms with Crippen molar-refractivity contribution in [1.82, 2.24) is 0 Å². The first-order valence-corrected chi connectivity index (χ1v) is 12.8. The average molecular weight is 515 g/mol. The highest BCUT2D eigenvalue weighted by atomic mass is 16.7. The summed E-state index contributed by atoms with van der Waals surface area (Å²) >= 11 is 0. The molecule has 0 aliphatic carbocycles. The highest BCUT2D eigenvalue weighted by Crippen LogP contribution is 2.47. The lowest BCUT2D eigenvalue weighted by Gasteiger charge is -2.28. The molecular formula is C30H30N2O6. The van der Waals surface area contributed by atoms with E-state index in [-0.39, 0.29) is 5.91 Å². The van der Waals surface area contributed by atoms with E-state index in [0.717, 1.165) is 30.5 Å². The largest absolute Gasteiger partial charge is 0.494 e. The molecule has 0 saturated carbocycles. The zero-order valence-corrected chi connectivity index (χ0v) is 21.4. The maximum atomic E-state index is 13.8. The summed E-state index contributed by atoms with van der Waals surface area (Å²) in [6.45, 7) is 2.76. The quantitative estimate of drug-likeness (QED) is 0.223. The number of fused-ring (bicyclic) bond motifs is 1. The van der Waals surface area contributed by atoms with Crippen molar-refractivity contribution in [3.05, 3.63) is 90.0 Å². The van der Waals surface area contributed by atoms with Crippen LogP contribution in [0.5, 0.6) is 5.75 Å². The van der Waals surface area contributed by atoms with E-state index in [4.69, 9.17) is 14.3 Å². The molecule has 0 spiro atoms. The van der Waals surface area contributed by atoms with Crippen molar-refractivity contribution >= 4 is 29.2 Å². The third-order valence-corrected chi connectivity index (χ3v) is 6.91.